The third-order valence-corrected chi connectivity index (χ3v) is 2.41. The zero-order chi connectivity index (χ0) is 14.1. The van der Waals surface area contributed by atoms with Gasteiger partial charge in [0.25, 0.3) is 0 Å². The highest BCUT2D eigenvalue weighted by atomic mass is 35.5. The largest absolute Gasteiger partial charge is 0.496 e. The number of methoxy groups -OCH3 is 1. The molecule has 1 atom stereocenters. The van der Waals surface area contributed by atoms with Crippen LogP contribution < -0.4 is 10.5 Å². The zero-order valence-electron chi connectivity index (χ0n) is 9.08. The van der Waals surface area contributed by atoms with Crippen LogP contribution in [0.1, 0.15) is 17.2 Å². The van der Waals surface area contributed by atoms with Gasteiger partial charge in [-0.1, -0.05) is 11.6 Å². The standard InChI is InChI=1S/C10H9ClF3NO3/c1-18-8-5(7(15)9(16)17)2-4(11)3-6(8)10(12,13)14/h2-3,7H,15H2,1H3,(H,16,17). The average Bonchev–Trinajstić information content (AvgIpc) is 2.25. The van der Waals surface area contributed by atoms with Crippen molar-refractivity contribution in [1.29, 1.82) is 0 Å². The number of benzene rings is 1. The SMILES string of the molecule is COc1c(C(N)C(=O)O)cc(Cl)cc1C(F)(F)F. The van der Waals surface area contributed by atoms with Crippen molar-refractivity contribution < 1.29 is 27.8 Å². The summed E-state index contributed by atoms with van der Waals surface area (Å²) in [6.07, 6.45) is -4.72. The van der Waals surface area contributed by atoms with Crippen LogP contribution in [0.2, 0.25) is 5.02 Å². The third-order valence-electron chi connectivity index (χ3n) is 2.19. The fraction of sp³-hybridized carbons (Fsp3) is 0.300. The van der Waals surface area contributed by atoms with Crippen molar-refractivity contribution in [2.75, 3.05) is 7.11 Å². The molecule has 18 heavy (non-hydrogen) atoms. The molecular formula is C10H9ClF3NO3. The van der Waals surface area contributed by atoms with Crippen molar-refractivity contribution in [2.45, 2.75) is 12.2 Å². The van der Waals surface area contributed by atoms with Crippen LogP contribution in [0.5, 0.6) is 5.75 Å². The molecule has 0 aliphatic heterocycles. The first-order chi connectivity index (χ1) is 8.18. The summed E-state index contributed by atoms with van der Waals surface area (Å²) in [4.78, 5) is 10.7. The van der Waals surface area contributed by atoms with Crippen molar-refractivity contribution in [1.82, 2.24) is 0 Å². The maximum Gasteiger partial charge on any atom is 0.420 e. The number of hydrogen-bond acceptors (Lipinski definition) is 3. The van der Waals surface area contributed by atoms with E-state index in [0.717, 1.165) is 13.2 Å². The normalized spacial score (nSPS) is 13.2. The van der Waals surface area contributed by atoms with Crippen molar-refractivity contribution in [2.24, 2.45) is 5.73 Å². The van der Waals surface area contributed by atoms with Gasteiger partial charge in [-0.3, -0.25) is 4.79 Å². The van der Waals surface area contributed by atoms with Gasteiger partial charge in [-0.05, 0) is 12.1 Å². The fourth-order valence-electron chi connectivity index (χ4n) is 1.42. The fourth-order valence-corrected chi connectivity index (χ4v) is 1.64. The van der Waals surface area contributed by atoms with E-state index in [1.165, 1.54) is 0 Å². The van der Waals surface area contributed by atoms with E-state index in [4.69, 9.17) is 22.4 Å². The van der Waals surface area contributed by atoms with E-state index < -0.39 is 29.5 Å². The van der Waals surface area contributed by atoms with Crippen LogP contribution in [0.15, 0.2) is 12.1 Å². The van der Waals surface area contributed by atoms with E-state index >= 15 is 0 Å². The molecule has 0 aliphatic carbocycles. The van der Waals surface area contributed by atoms with E-state index in [1.807, 2.05) is 0 Å². The van der Waals surface area contributed by atoms with Crippen LogP contribution >= 0.6 is 11.6 Å². The average molecular weight is 284 g/mol. The minimum absolute atomic E-state index is 0.269. The summed E-state index contributed by atoms with van der Waals surface area (Å²) in [5, 5.41) is 8.47. The van der Waals surface area contributed by atoms with Gasteiger partial charge in [-0.25, -0.2) is 0 Å². The molecule has 4 nitrogen and oxygen atoms in total. The third kappa shape index (κ3) is 2.85. The van der Waals surface area contributed by atoms with Crippen LogP contribution in [0, 0.1) is 0 Å². The molecule has 1 rings (SSSR count). The number of aliphatic carboxylic acids is 1. The molecule has 0 aliphatic rings. The van der Waals surface area contributed by atoms with Crippen molar-refractivity contribution in [3.8, 4) is 5.75 Å². The van der Waals surface area contributed by atoms with Gasteiger partial charge in [0.15, 0.2) is 0 Å². The Bertz CT molecular complexity index is 476. The highest BCUT2D eigenvalue weighted by Crippen LogP contribution is 2.41. The molecule has 0 fully saturated rings. The molecular weight excluding hydrogens is 275 g/mol. The van der Waals surface area contributed by atoms with Crippen molar-refractivity contribution in [3.63, 3.8) is 0 Å². The van der Waals surface area contributed by atoms with Gasteiger partial charge < -0.3 is 15.6 Å². The summed E-state index contributed by atoms with van der Waals surface area (Å²) in [6, 6.07) is 0.0344. The Balaban J connectivity index is 3.52. The number of halogens is 4. The number of ether oxygens (including phenoxy) is 1. The number of carboxylic acids is 1. The summed E-state index contributed by atoms with van der Waals surface area (Å²) in [5.41, 5.74) is 3.80. The lowest BCUT2D eigenvalue weighted by Crippen LogP contribution is -2.22. The summed E-state index contributed by atoms with van der Waals surface area (Å²) in [5.74, 6) is -2.12. The second-order valence-electron chi connectivity index (χ2n) is 3.39. The van der Waals surface area contributed by atoms with Crippen LogP contribution in [0.3, 0.4) is 0 Å². The molecule has 0 amide bonds. The molecule has 1 aromatic rings. The van der Waals surface area contributed by atoms with Gasteiger partial charge in [-0.15, -0.1) is 0 Å². The number of carboxylic acid groups (broad SMARTS) is 1. The zero-order valence-corrected chi connectivity index (χ0v) is 9.84. The second kappa shape index (κ2) is 5.03. The second-order valence-corrected chi connectivity index (χ2v) is 3.83. The smallest absolute Gasteiger partial charge is 0.420 e. The molecule has 0 bridgehead atoms. The molecule has 0 saturated carbocycles. The molecule has 1 unspecified atom stereocenters. The number of nitrogens with two attached hydrogens (primary N) is 1. The van der Waals surface area contributed by atoms with Crippen LogP contribution in [0.25, 0.3) is 0 Å². The number of hydrogen-bond donors (Lipinski definition) is 2. The van der Waals surface area contributed by atoms with E-state index in [1.54, 1.807) is 0 Å². The van der Waals surface area contributed by atoms with Crippen LogP contribution in [-0.4, -0.2) is 18.2 Å². The minimum atomic E-state index is -4.72. The Kier molecular flexibility index (Phi) is 4.08. The van der Waals surface area contributed by atoms with Gasteiger partial charge in [-0.2, -0.15) is 13.2 Å². The first kappa shape index (κ1) is 14.6. The number of alkyl halides is 3. The molecule has 0 aromatic heterocycles. The van der Waals surface area contributed by atoms with Crippen molar-refractivity contribution in [3.05, 3.63) is 28.3 Å². The lowest BCUT2D eigenvalue weighted by Gasteiger charge is -2.18. The molecule has 1 aromatic carbocycles. The molecule has 8 heteroatoms. The molecule has 0 spiro atoms. The van der Waals surface area contributed by atoms with Gasteiger partial charge in [0.2, 0.25) is 0 Å². The highest BCUT2D eigenvalue weighted by molar-refractivity contribution is 6.30. The lowest BCUT2D eigenvalue weighted by atomic mass is 10.0. The topological polar surface area (TPSA) is 72.5 Å². The van der Waals surface area contributed by atoms with E-state index in [9.17, 15) is 18.0 Å². The molecule has 0 radical (unpaired) electrons. The molecule has 100 valence electrons. The van der Waals surface area contributed by atoms with Crippen molar-refractivity contribution >= 4 is 17.6 Å². The molecule has 0 heterocycles. The molecule has 0 saturated heterocycles. The number of rotatable bonds is 3. The van der Waals surface area contributed by atoms with E-state index in [-0.39, 0.29) is 10.6 Å². The Morgan fingerprint density at radius 3 is 2.44 bits per heavy atom. The van der Waals surface area contributed by atoms with E-state index in [0.29, 0.717) is 6.07 Å². The summed E-state index contributed by atoms with van der Waals surface area (Å²) in [7, 11) is 0.997. The summed E-state index contributed by atoms with van der Waals surface area (Å²) < 4.78 is 42.8. The van der Waals surface area contributed by atoms with Gasteiger partial charge in [0.1, 0.15) is 11.8 Å². The van der Waals surface area contributed by atoms with Crippen LogP contribution in [-0.2, 0) is 11.0 Å². The number of carbonyl (C=O) groups is 1. The lowest BCUT2D eigenvalue weighted by molar-refractivity contribution is -0.140. The maximum absolute atomic E-state index is 12.7. The Morgan fingerprint density at radius 2 is 2.06 bits per heavy atom. The minimum Gasteiger partial charge on any atom is -0.496 e. The monoisotopic (exact) mass is 283 g/mol. The Hall–Kier alpha value is -1.47. The Morgan fingerprint density at radius 1 is 1.50 bits per heavy atom. The van der Waals surface area contributed by atoms with Gasteiger partial charge >= 0.3 is 12.1 Å². The predicted molar refractivity (Wildman–Crippen MR) is 57.6 cm³/mol. The van der Waals surface area contributed by atoms with Gasteiger partial charge in [0, 0.05) is 10.6 Å². The maximum atomic E-state index is 12.7. The van der Waals surface area contributed by atoms with Gasteiger partial charge in [0.05, 0.1) is 12.7 Å². The first-order valence-electron chi connectivity index (χ1n) is 4.61. The molecule has 3 N–H and O–H groups in total. The van der Waals surface area contributed by atoms with Crippen LogP contribution in [0.4, 0.5) is 13.2 Å². The summed E-state index contributed by atoms with van der Waals surface area (Å²) >= 11 is 5.53. The summed E-state index contributed by atoms with van der Waals surface area (Å²) in [6.45, 7) is 0. The predicted octanol–water partition coefficient (Wildman–Crippen LogP) is 2.45. The highest BCUT2D eigenvalue weighted by Gasteiger charge is 2.37. The first-order valence-corrected chi connectivity index (χ1v) is 4.99. The van der Waals surface area contributed by atoms with E-state index in [2.05, 4.69) is 4.74 Å². The Labute approximate surface area is 105 Å². The quantitative estimate of drug-likeness (QED) is 0.894.